The summed E-state index contributed by atoms with van der Waals surface area (Å²) >= 11 is 0. The largest absolute Gasteiger partial charge is 0.354 e. The predicted octanol–water partition coefficient (Wildman–Crippen LogP) is 2.80. The highest BCUT2D eigenvalue weighted by Crippen LogP contribution is 2.25. The molecule has 0 fully saturated rings. The van der Waals surface area contributed by atoms with Crippen LogP contribution in [0.4, 0.5) is 17.1 Å². The zero-order chi connectivity index (χ0) is 13.0. The van der Waals surface area contributed by atoms with Crippen molar-refractivity contribution in [3.8, 4) is 0 Å². The average molecular weight is 262 g/mol. The monoisotopic (exact) mass is 262 g/mol. The molecule has 0 radical (unpaired) electrons. The number of rotatable bonds is 4. The summed E-state index contributed by atoms with van der Waals surface area (Å²) in [4.78, 5) is 0. The van der Waals surface area contributed by atoms with E-state index in [-0.39, 0.29) is 0 Å². The number of nitrogens with one attached hydrogen (secondary N) is 2. The average Bonchev–Trinajstić information content (AvgIpc) is 2.31. The van der Waals surface area contributed by atoms with E-state index < -0.39 is 10.0 Å². The molecule has 0 aliphatic heterocycles. The lowest BCUT2D eigenvalue weighted by atomic mass is 10.2. The van der Waals surface area contributed by atoms with Crippen molar-refractivity contribution in [2.75, 3.05) is 16.3 Å². The summed E-state index contributed by atoms with van der Waals surface area (Å²) in [7, 11) is -3.28. The molecule has 2 aromatic rings. The number of benzene rings is 2. The van der Waals surface area contributed by atoms with Crippen molar-refractivity contribution in [2.24, 2.45) is 0 Å². The van der Waals surface area contributed by atoms with Gasteiger partial charge in [-0.05, 0) is 24.3 Å². The topological polar surface area (TPSA) is 58.2 Å². The minimum absolute atomic E-state index is 0.531. The highest BCUT2D eigenvalue weighted by atomic mass is 32.2. The maximum atomic E-state index is 11.3. The van der Waals surface area contributed by atoms with Crippen molar-refractivity contribution in [2.45, 2.75) is 0 Å². The van der Waals surface area contributed by atoms with Gasteiger partial charge in [0.25, 0.3) is 0 Å². The van der Waals surface area contributed by atoms with E-state index >= 15 is 0 Å². The van der Waals surface area contributed by atoms with Gasteiger partial charge < -0.3 is 5.32 Å². The minimum atomic E-state index is -3.28. The Kier molecular flexibility index (Phi) is 3.53. The molecule has 2 N–H and O–H groups in total. The maximum Gasteiger partial charge on any atom is 0.229 e. The summed E-state index contributed by atoms with van der Waals surface area (Å²) < 4.78 is 25.0. The van der Waals surface area contributed by atoms with E-state index in [0.717, 1.165) is 11.9 Å². The van der Waals surface area contributed by atoms with Crippen molar-refractivity contribution >= 4 is 27.1 Å². The van der Waals surface area contributed by atoms with Crippen LogP contribution in [-0.2, 0) is 10.0 Å². The van der Waals surface area contributed by atoms with Gasteiger partial charge in [-0.25, -0.2) is 8.42 Å². The Balaban J connectivity index is 2.28. The van der Waals surface area contributed by atoms with Crippen LogP contribution in [0.3, 0.4) is 0 Å². The molecule has 4 nitrogen and oxygen atoms in total. The molecule has 0 aliphatic carbocycles. The van der Waals surface area contributed by atoms with Gasteiger partial charge in [0.1, 0.15) is 0 Å². The van der Waals surface area contributed by atoms with Crippen LogP contribution in [0.15, 0.2) is 54.6 Å². The number of anilines is 3. The molecule has 0 atom stereocenters. The lowest BCUT2D eigenvalue weighted by Crippen LogP contribution is -2.10. The molecule has 0 amide bonds. The lowest BCUT2D eigenvalue weighted by molar-refractivity contribution is 0.607. The van der Waals surface area contributed by atoms with Gasteiger partial charge >= 0.3 is 0 Å². The van der Waals surface area contributed by atoms with Gasteiger partial charge in [0.15, 0.2) is 0 Å². The van der Waals surface area contributed by atoms with Crippen molar-refractivity contribution in [1.29, 1.82) is 0 Å². The molecule has 0 bridgehead atoms. The van der Waals surface area contributed by atoms with Crippen LogP contribution >= 0.6 is 0 Å². The molecule has 94 valence electrons. The molecule has 18 heavy (non-hydrogen) atoms. The van der Waals surface area contributed by atoms with Gasteiger partial charge in [0.2, 0.25) is 10.0 Å². The third kappa shape index (κ3) is 3.49. The first-order valence-electron chi connectivity index (χ1n) is 5.43. The molecule has 0 saturated carbocycles. The van der Waals surface area contributed by atoms with Gasteiger partial charge in [0, 0.05) is 5.69 Å². The molecule has 0 aromatic heterocycles. The Labute approximate surface area is 107 Å². The SMILES string of the molecule is CS(=O)(=O)Nc1ccccc1Nc1ccccc1. The van der Waals surface area contributed by atoms with Crippen LogP contribution in [0.25, 0.3) is 0 Å². The predicted molar refractivity (Wildman–Crippen MR) is 74.6 cm³/mol. The fourth-order valence-electron chi connectivity index (χ4n) is 1.56. The molecule has 0 aliphatic rings. The zero-order valence-electron chi connectivity index (χ0n) is 9.92. The second-order valence-electron chi connectivity index (χ2n) is 3.91. The van der Waals surface area contributed by atoms with Gasteiger partial charge in [0.05, 0.1) is 17.6 Å². The van der Waals surface area contributed by atoms with E-state index in [1.165, 1.54) is 0 Å². The third-order valence-electron chi connectivity index (χ3n) is 2.28. The van der Waals surface area contributed by atoms with Crippen molar-refractivity contribution in [3.63, 3.8) is 0 Å². The Hall–Kier alpha value is -2.01. The van der Waals surface area contributed by atoms with Crippen molar-refractivity contribution in [1.82, 2.24) is 0 Å². The summed E-state index contributed by atoms with van der Waals surface area (Å²) in [6.07, 6.45) is 1.13. The second-order valence-corrected chi connectivity index (χ2v) is 5.66. The van der Waals surface area contributed by atoms with Gasteiger partial charge in [-0.15, -0.1) is 0 Å². The fraction of sp³-hybridized carbons (Fsp3) is 0.0769. The van der Waals surface area contributed by atoms with Gasteiger partial charge in [-0.3, -0.25) is 4.72 Å². The molecule has 0 heterocycles. The molecule has 0 spiro atoms. The van der Waals surface area contributed by atoms with E-state index in [1.54, 1.807) is 12.1 Å². The Morgan fingerprint density at radius 3 is 2.00 bits per heavy atom. The van der Waals surface area contributed by atoms with E-state index in [4.69, 9.17) is 0 Å². The number of hydrogen-bond donors (Lipinski definition) is 2. The molecule has 5 heteroatoms. The van der Waals surface area contributed by atoms with E-state index in [1.807, 2.05) is 42.5 Å². The molecular formula is C13H14N2O2S. The van der Waals surface area contributed by atoms with Crippen molar-refractivity contribution < 1.29 is 8.42 Å². The third-order valence-corrected chi connectivity index (χ3v) is 2.87. The maximum absolute atomic E-state index is 11.3. The van der Waals surface area contributed by atoms with Crippen LogP contribution < -0.4 is 10.0 Å². The minimum Gasteiger partial charge on any atom is -0.354 e. The first-order chi connectivity index (χ1) is 8.54. The Morgan fingerprint density at radius 2 is 1.39 bits per heavy atom. The fourth-order valence-corrected chi connectivity index (χ4v) is 2.14. The number of hydrogen-bond acceptors (Lipinski definition) is 3. The Bertz CT molecular complexity index is 624. The molecule has 0 saturated heterocycles. The lowest BCUT2D eigenvalue weighted by Gasteiger charge is -2.12. The number of sulfonamides is 1. The standard InChI is InChI=1S/C13H14N2O2S/c1-18(16,17)15-13-10-6-5-9-12(13)14-11-7-3-2-4-8-11/h2-10,14-15H,1H3. The summed E-state index contributed by atoms with van der Waals surface area (Å²) in [6.45, 7) is 0. The first-order valence-corrected chi connectivity index (χ1v) is 7.33. The summed E-state index contributed by atoms with van der Waals surface area (Å²) in [5.74, 6) is 0. The summed E-state index contributed by atoms with van der Waals surface area (Å²) in [5, 5.41) is 3.17. The van der Waals surface area contributed by atoms with Gasteiger partial charge in [-0.1, -0.05) is 30.3 Å². The highest BCUT2D eigenvalue weighted by molar-refractivity contribution is 7.92. The normalized spacial score (nSPS) is 10.9. The second kappa shape index (κ2) is 5.10. The van der Waals surface area contributed by atoms with Crippen LogP contribution in [0.2, 0.25) is 0 Å². The molecule has 2 aromatic carbocycles. The first kappa shape index (κ1) is 12.4. The van der Waals surface area contributed by atoms with Crippen molar-refractivity contribution in [3.05, 3.63) is 54.6 Å². The van der Waals surface area contributed by atoms with E-state index in [9.17, 15) is 8.42 Å². The zero-order valence-corrected chi connectivity index (χ0v) is 10.7. The smallest absolute Gasteiger partial charge is 0.229 e. The van der Waals surface area contributed by atoms with E-state index in [0.29, 0.717) is 11.4 Å². The van der Waals surface area contributed by atoms with E-state index in [2.05, 4.69) is 10.0 Å². The van der Waals surface area contributed by atoms with Crippen LogP contribution in [-0.4, -0.2) is 14.7 Å². The van der Waals surface area contributed by atoms with Crippen LogP contribution in [0.1, 0.15) is 0 Å². The Morgan fingerprint density at radius 1 is 0.833 bits per heavy atom. The quantitative estimate of drug-likeness (QED) is 0.890. The molecule has 2 rings (SSSR count). The highest BCUT2D eigenvalue weighted by Gasteiger charge is 2.06. The summed E-state index contributed by atoms with van der Waals surface area (Å²) in [5.41, 5.74) is 2.15. The molecule has 0 unspecified atom stereocenters. The summed E-state index contributed by atoms with van der Waals surface area (Å²) in [6, 6.07) is 16.7. The van der Waals surface area contributed by atoms with Crippen LogP contribution in [0.5, 0.6) is 0 Å². The van der Waals surface area contributed by atoms with Crippen LogP contribution in [0, 0.1) is 0 Å². The van der Waals surface area contributed by atoms with Gasteiger partial charge in [-0.2, -0.15) is 0 Å². The molecular weight excluding hydrogens is 248 g/mol. The number of para-hydroxylation sites is 3.